The maximum Gasteiger partial charge on any atom is 0.323 e. The van der Waals surface area contributed by atoms with Gasteiger partial charge in [0.1, 0.15) is 6.54 Å². The molecule has 0 aromatic rings. The number of carbonyl (C=O) groups excluding carboxylic acids is 1. The van der Waals surface area contributed by atoms with E-state index in [-0.39, 0.29) is 24.7 Å². The van der Waals surface area contributed by atoms with Gasteiger partial charge >= 0.3 is 12.0 Å². The molecule has 0 aromatic carbocycles. The standard InChI is InChI=1S/C14H27N3O4/c1-4-12(3)17(10-13(18)19)14(20)15-11(2)9-16-5-7-21-8-6-16/h11-12H,4-10H2,1-3H3,(H,15,20)(H,18,19). The summed E-state index contributed by atoms with van der Waals surface area (Å²) in [4.78, 5) is 26.7. The minimum atomic E-state index is -0.994. The van der Waals surface area contributed by atoms with E-state index in [4.69, 9.17) is 9.84 Å². The second-order valence-corrected chi connectivity index (χ2v) is 5.54. The lowest BCUT2D eigenvalue weighted by Crippen LogP contribution is -2.52. The number of morpholine rings is 1. The van der Waals surface area contributed by atoms with Gasteiger partial charge in [-0.1, -0.05) is 6.92 Å². The topological polar surface area (TPSA) is 82.1 Å². The fourth-order valence-electron chi connectivity index (χ4n) is 2.30. The second-order valence-electron chi connectivity index (χ2n) is 5.54. The van der Waals surface area contributed by atoms with Gasteiger partial charge in [-0.2, -0.15) is 0 Å². The summed E-state index contributed by atoms with van der Waals surface area (Å²) in [6.45, 7) is 9.37. The lowest BCUT2D eigenvalue weighted by Gasteiger charge is -2.32. The number of urea groups is 1. The molecule has 1 saturated heterocycles. The van der Waals surface area contributed by atoms with E-state index < -0.39 is 5.97 Å². The number of carboxylic acid groups (broad SMARTS) is 1. The summed E-state index contributed by atoms with van der Waals surface area (Å²) >= 11 is 0. The molecular formula is C14H27N3O4. The number of carbonyl (C=O) groups is 2. The van der Waals surface area contributed by atoms with E-state index in [1.165, 1.54) is 4.90 Å². The molecule has 1 aliphatic heterocycles. The second kappa shape index (κ2) is 8.84. The van der Waals surface area contributed by atoms with Crippen LogP contribution in [0.15, 0.2) is 0 Å². The van der Waals surface area contributed by atoms with Crippen LogP contribution in [0.2, 0.25) is 0 Å². The van der Waals surface area contributed by atoms with Crippen LogP contribution in [0.4, 0.5) is 4.79 Å². The number of nitrogens with zero attached hydrogens (tertiary/aromatic N) is 2. The summed E-state index contributed by atoms with van der Waals surface area (Å²) in [6.07, 6.45) is 0.721. The van der Waals surface area contributed by atoms with Gasteiger partial charge in [0, 0.05) is 31.7 Å². The fraction of sp³-hybridized carbons (Fsp3) is 0.857. The number of aliphatic carboxylic acids is 1. The molecular weight excluding hydrogens is 274 g/mol. The molecule has 7 heteroatoms. The zero-order valence-corrected chi connectivity index (χ0v) is 13.2. The lowest BCUT2D eigenvalue weighted by atomic mass is 10.2. The minimum absolute atomic E-state index is 0.0315. The lowest BCUT2D eigenvalue weighted by molar-refractivity contribution is -0.138. The third-order valence-corrected chi connectivity index (χ3v) is 3.69. The highest BCUT2D eigenvalue weighted by Crippen LogP contribution is 2.05. The van der Waals surface area contributed by atoms with Crippen LogP contribution in [0.5, 0.6) is 0 Å². The SMILES string of the molecule is CCC(C)N(CC(=O)O)C(=O)NC(C)CN1CCOCC1. The zero-order chi connectivity index (χ0) is 15.8. The van der Waals surface area contributed by atoms with Gasteiger partial charge in [-0.05, 0) is 20.3 Å². The number of hydrogen-bond donors (Lipinski definition) is 2. The van der Waals surface area contributed by atoms with Gasteiger partial charge < -0.3 is 20.1 Å². The van der Waals surface area contributed by atoms with Crippen molar-refractivity contribution in [3.05, 3.63) is 0 Å². The third kappa shape index (κ3) is 6.31. The molecule has 2 amide bonds. The van der Waals surface area contributed by atoms with E-state index in [1.807, 2.05) is 20.8 Å². The van der Waals surface area contributed by atoms with Gasteiger partial charge in [-0.3, -0.25) is 9.69 Å². The Morgan fingerprint density at radius 2 is 1.95 bits per heavy atom. The van der Waals surface area contributed by atoms with Crippen LogP contribution in [-0.4, -0.2) is 78.4 Å². The molecule has 0 radical (unpaired) electrons. The van der Waals surface area contributed by atoms with Crippen molar-refractivity contribution >= 4 is 12.0 Å². The Kier molecular flexibility index (Phi) is 7.45. The first-order valence-corrected chi connectivity index (χ1v) is 7.53. The Hall–Kier alpha value is -1.34. The molecule has 2 atom stereocenters. The van der Waals surface area contributed by atoms with Crippen LogP contribution in [-0.2, 0) is 9.53 Å². The summed E-state index contributed by atoms with van der Waals surface area (Å²) < 4.78 is 5.29. The van der Waals surface area contributed by atoms with Crippen LogP contribution >= 0.6 is 0 Å². The summed E-state index contributed by atoms with van der Waals surface area (Å²) in [7, 11) is 0. The van der Waals surface area contributed by atoms with Crippen molar-refractivity contribution < 1.29 is 19.4 Å². The Morgan fingerprint density at radius 3 is 2.48 bits per heavy atom. The smallest absolute Gasteiger partial charge is 0.323 e. The summed E-state index contributed by atoms with van der Waals surface area (Å²) in [5, 5.41) is 11.8. The molecule has 21 heavy (non-hydrogen) atoms. The predicted octanol–water partition coefficient (Wildman–Crippen LogP) is 0.602. The first-order valence-electron chi connectivity index (χ1n) is 7.53. The molecule has 2 N–H and O–H groups in total. The fourth-order valence-corrected chi connectivity index (χ4v) is 2.30. The van der Waals surface area contributed by atoms with Gasteiger partial charge in [0.15, 0.2) is 0 Å². The highest BCUT2D eigenvalue weighted by Gasteiger charge is 2.23. The predicted molar refractivity (Wildman–Crippen MR) is 79.3 cm³/mol. The van der Waals surface area contributed by atoms with Gasteiger partial charge in [0.05, 0.1) is 13.2 Å². The average Bonchev–Trinajstić information content (AvgIpc) is 2.44. The molecule has 1 heterocycles. The number of hydrogen-bond acceptors (Lipinski definition) is 4. The molecule has 0 bridgehead atoms. The first-order chi connectivity index (χ1) is 9.93. The number of carboxylic acids is 1. The molecule has 7 nitrogen and oxygen atoms in total. The highest BCUT2D eigenvalue weighted by atomic mass is 16.5. The molecule has 122 valence electrons. The van der Waals surface area contributed by atoms with E-state index in [2.05, 4.69) is 10.2 Å². The third-order valence-electron chi connectivity index (χ3n) is 3.69. The zero-order valence-electron chi connectivity index (χ0n) is 13.2. The van der Waals surface area contributed by atoms with Crippen molar-refractivity contribution in [2.75, 3.05) is 39.4 Å². The Balaban J connectivity index is 2.48. The Morgan fingerprint density at radius 1 is 1.33 bits per heavy atom. The Bertz CT molecular complexity index is 345. The number of nitrogens with one attached hydrogen (secondary N) is 1. The molecule has 0 aromatic heterocycles. The summed E-state index contributed by atoms with van der Waals surface area (Å²) in [5.41, 5.74) is 0. The number of rotatable bonds is 7. The van der Waals surface area contributed by atoms with Crippen molar-refractivity contribution in [3.8, 4) is 0 Å². The molecule has 0 aliphatic carbocycles. The molecule has 2 unspecified atom stereocenters. The Labute approximate surface area is 126 Å². The van der Waals surface area contributed by atoms with Gasteiger partial charge in [0.2, 0.25) is 0 Å². The highest BCUT2D eigenvalue weighted by molar-refractivity contribution is 5.80. The quantitative estimate of drug-likeness (QED) is 0.719. The minimum Gasteiger partial charge on any atom is -0.480 e. The van der Waals surface area contributed by atoms with Crippen LogP contribution < -0.4 is 5.32 Å². The van der Waals surface area contributed by atoms with E-state index in [9.17, 15) is 9.59 Å². The van der Waals surface area contributed by atoms with Crippen molar-refractivity contribution in [1.29, 1.82) is 0 Å². The van der Waals surface area contributed by atoms with Gasteiger partial charge in [-0.15, -0.1) is 0 Å². The van der Waals surface area contributed by atoms with Crippen LogP contribution in [0, 0.1) is 0 Å². The van der Waals surface area contributed by atoms with E-state index in [1.54, 1.807) is 0 Å². The van der Waals surface area contributed by atoms with Crippen LogP contribution in [0.25, 0.3) is 0 Å². The van der Waals surface area contributed by atoms with Crippen molar-refractivity contribution in [2.24, 2.45) is 0 Å². The maximum atomic E-state index is 12.2. The van der Waals surface area contributed by atoms with Crippen LogP contribution in [0.1, 0.15) is 27.2 Å². The largest absolute Gasteiger partial charge is 0.480 e. The van der Waals surface area contributed by atoms with Crippen LogP contribution in [0.3, 0.4) is 0 Å². The summed E-state index contributed by atoms with van der Waals surface area (Å²) in [5.74, 6) is -0.994. The van der Waals surface area contributed by atoms with Gasteiger partial charge in [0.25, 0.3) is 0 Å². The van der Waals surface area contributed by atoms with Gasteiger partial charge in [-0.25, -0.2) is 4.79 Å². The average molecular weight is 301 g/mol. The molecule has 0 spiro atoms. The van der Waals surface area contributed by atoms with E-state index >= 15 is 0 Å². The normalized spacial score (nSPS) is 18.8. The number of amides is 2. The molecule has 0 saturated carbocycles. The maximum absolute atomic E-state index is 12.2. The van der Waals surface area contributed by atoms with Crippen molar-refractivity contribution in [2.45, 2.75) is 39.3 Å². The first kappa shape index (κ1) is 17.7. The molecule has 1 aliphatic rings. The molecule has 1 rings (SSSR count). The van der Waals surface area contributed by atoms with Crippen molar-refractivity contribution in [1.82, 2.24) is 15.1 Å². The van der Waals surface area contributed by atoms with Crippen molar-refractivity contribution in [3.63, 3.8) is 0 Å². The molecule has 1 fully saturated rings. The summed E-state index contributed by atoms with van der Waals surface area (Å²) in [6, 6.07) is -0.444. The van der Waals surface area contributed by atoms with E-state index in [0.717, 1.165) is 39.3 Å². The monoisotopic (exact) mass is 301 g/mol. The van der Waals surface area contributed by atoms with E-state index in [0.29, 0.717) is 0 Å². The number of ether oxygens (including phenoxy) is 1.